The minimum Gasteiger partial charge on any atom is -0.511 e. The van der Waals surface area contributed by atoms with Crippen LogP contribution in [0.4, 0.5) is 5.69 Å². The molecule has 1 aliphatic heterocycles. The fourth-order valence-corrected chi connectivity index (χ4v) is 1.88. The summed E-state index contributed by atoms with van der Waals surface area (Å²) in [5.74, 6) is -0.459. The van der Waals surface area contributed by atoms with E-state index >= 15 is 0 Å². The molecule has 0 spiro atoms. The summed E-state index contributed by atoms with van der Waals surface area (Å²) in [4.78, 5) is 16.0. The van der Waals surface area contributed by atoms with E-state index in [1.165, 1.54) is 0 Å². The van der Waals surface area contributed by atoms with Crippen molar-refractivity contribution in [2.24, 2.45) is 4.99 Å². The summed E-state index contributed by atoms with van der Waals surface area (Å²) in [6, 6.07) is 9.28. The predicted molar refractivity (Wildman–Crippen MR) is 69.0 cm³/mol. The van der Waals surface area contributed by atoms with Crippen molar-refractivity contribution in [3.05, 3.63) is 41.7 Å². The Morgan fingerprint density at radius 3 is 2.67 bits per heavy atom. The van der Waals surface area contributed by atoms with Crippen LogP contribution in [-0.4, -0.2) is 22.9 Å². The maximum atomic E-state index is 11.7. The Bertz CT molecular complexity index is 517. The standard InChI is InChI=1S/C14H15NO3/c1-9-8-12(16)13(14(17)18-9)10(2)15-11-6-4-3-5-7-11/h3-7,9,16H,8H2,1-2H3. The molecule has 1 aromatic carbocycles. The maximum Gasteiger partial charge on any atom is 0.343 e. The second-order valence-electron chi connectivity index (χ2n) is 4.27. The van der Waals surface area contributed by atoms with Crippen LogP contribution >= 0.6 is 0 Å². The summed E-state index contributed by atoms with van der Waals surface area (Å²) in [5, 5.41) is 9.86. The lowest BCUT2D eigenvalue weighted by Crippen LogP contribution is -2.27. The number of hydrogen-bond donors (Lipinski definition) is 1. The van der Waals surface area contributed by atoms with E-state index in [-0.39, 0.29) is 17.4 Å². The van der Waals surface area contributed by atoms with Gasteiger partial charge in [-0.05, 0) is 26.0 Å². The monoisotopic (exact) mass is 245 g/mol. The average molecular weight is 245 g/mol. The van der Waals surface area contributed by atoms with E-state index in [1.807, 2.05) is 30.3 Å². The molecule has 4 heteroatoms. The van der Waals surface area contributed by atoms with E-state index in [0.717, 1.165) is 5.69 Å². The minimum atomic E-state index is -0.511. The van der Waals surface area contributed by atoms with Gasteiger partial charge in [0, 0.05) is 6.42 Å². The van der Waals surface area contributed by atoms with E-state index in [2.05, 4.69) is 4.99 Å². The zero-order chi connectivity index (χ0) is 13.1. The molecule has 2 rings (SSSR count). The summed E-state index contributed by atoms with van der Waals surface area (Å²) in [6.07, 6.45) is 0.0497. The van der Waals surface area contributed by atoms with Gasteiger partial charge in [0.15, 0.2) is 0 Å². The quantitative estimate of drug-likeness (QED) is 0.643. The molecule has 4 nitrogen and oxygen atoms in total. The Hall–Kier alpha value is -2.10. The van der Waals surface area contributed by atoms with Crippen molar-refractivity contribution in [3.8, 4) is 0 Å². The molecule has 0 radical (unpaired) electrons. The number of hydrogen-bond acceptors (Lipinski definition) is 4. The fraction of sp³-hybridized carbons (Fsp3) is 0.286. The highest BCUT2D eigenvalue weighted by molar-refractivity contribution is 6.20. The highest BCUT2D eigenvalue weighted by Crippen LogP contribution is 2.22. The molecule has 0 saturated carbocycles. The van der Waals surface area contributed by atoms with Gasteiger partial charge in [0.2, 0.25) is 0 Å². The summed E-state index contributed by atoms with van der Waals surface area (Å²) in [7, 11) is 0. The van der Waals surface area contributed by atoms with Crippen molar-refractivity contribution in [2.45, 2.75) is 26.4 Å². The van der Waals surface area contributed by atoms with Crippen molar-refractivity contribution in [3.63, 3.8) is 0 Å². The van der Waals surface area contributed by atoms with E-state index in [0.29, 0.717) is 12.1 Å². The number of nitrogens with zero attached hydrogens (tertiary/aromatic N) is 1. The molecule has 1 aromatic rings. The number of para-hydroxylation sites is 1. The molecule has 1 N–H and O–H groups in total. The van der Waals surface area contributed by atoms with Crippen molar-refractivity contribution < 1.29 is 14.6 Å². The van der Waals surface area contributed by atoms with Crippen molar-refractivity contribution in [1.82, 2.24) is 0 Å². The van der Waals surface area contributed by atoms with E-state index in [9.17, 15) is 9.90 Å². The largest absolute Gasteiger partial charge is 0.511 e. The molecular formula is C14H15NO3. The van der Waals surface area contributed by atoms with Crippen LogP contribution in [0.25, 0.3) is 0 Å². The van der Waals surface area contributed by atoms with Crippen LogP contribution in [-0.2, 0) is 9.53 Å². The van der Waals surface area contributed by atoms with Crippen molar-refractivity contribution >= 4 is 17.4 Å². The zero-order valence-corrected chi connectivity index (χ0v) is 10.4. The molecule has 0 amide bonds. The van der Waals surface area contributed by atoms with Crippen LogP contribution in [0.5, 0.6) is 0 Å². The van der Waals surface area contributed by atoms with Crippen LogP contribution in [0.1, 0.15) is 20.3 Å². The Labute approximate surface area is 106 Å². The normalized spacial score (nSPS) is 20.9. The number of ether oxygens (including phenoxy) is 1. The van der Waals surface area contributed by atoms with Gasteiger partial charge < -0.3 is 9.84 Å². The fourth-order valence-electron chi connectivity index (χ4n) is 1.88. The van der Waals surface area contributed by atoms with Gasteiger partial charge >= 0.3 is 5.97 Å². The SMILES string of the molecule is CC(=Nc1ccccc1)C1=C(O)CC(C)OC1=O. The van der Waals surface area contributed by atoms with E-state index in [4.69, 9.17) is 4.74 Å². The first kappa shape index (κ1) is 12.4. The minimum absolute atomic E-state index is 0.0518. The van der Waals surface area contributed by atoms with Crippen LogP contribution in [0.15, 0.2) is 46.7 Å². The molecule has 1 aliphatic rings. The number of carbonyl (C=O) groups excluding carboxylic acids is 1. The first-order valence-electron chi connectivity index (χ1n) is 5.81. The maximum absolute atomic E-state index is 11.7. The molecule has 0 saturated heterocycles. The molecule has 0 fully saturated rings. The smallest absolute Gasteiger partial charge is 0.343 e. The zero-order valence-electron chi connectivity index (χ0n) is 10.4. The first-order valence-corrected chi connectivity index (χ1v) is 5.81. The molecule has 0 aromatic heterocycles. The van der Waals surface area contributed by atoms with Crippen molar-refractivity contribution in [2.75, 3.05) is 0 Å². The third-order valence-electron chi connectivity index (χ3n) is 2.70. The predicted octanol–water partition coefficient (Wildman–Crippen LogP) is 2.93. The third kappa shape index (κ3) is 2.59. The van der Waals surface area contributed by atoms with Gasteiger partial charge in [0.05, 0.1) is 11.4 Å². The highest BCUT2D eigenvalue weighted by Gasteiger charge is 2.28. The second-order valence-corrected chi connectivity index (χ2v) is 4.27. The average Bonchev–Trinajstić information content (AvgIpc) is 2.28. The van der Waals surface area contributed by atoms with Crippen LogP contribution in [0.2, 0.25) is 0 Å². The second kappa shape index (κ2) is 5.04. The number of cyclic esters (lactones) is 1. The lowest BCUT2D eigenvalue weighted by atomic mass is 10.0. The van der Waals surface area contributed by atoms with Gasteiger partial charge in [-0.3, -0.25) is 4.99 Å². The molecular weight excluding hydrogens is 230 g/mol. The van der Waals surface area contributed by atoms with Gasteiger partial charge in [0.25, 0.3) is 0 Å². The summed E-state index contributed by atoms with van der Waals surface area (Å²) in [5.41, 5.74) is 1.38. The molecule has 1 unspecified atom stereocenters. The molecule has 94 valence electrons. The Morgan fingerprint density at radius 2 is 2.06 bits per heavy atom. The van der Waals surface area contributed by atoms with Crippen LogP contribution in [0, 0.1) is 0 Å². The number of rotatable bonds is 2. The number of carbonyl (C=O) groups is 1. The molecule has 0 aliphatic carbocycles. The van der Waals surface area contributed by atoms with Crippen LogP contribution < -0.4 is 0 Å². The molecule has 18 heavy (non-hydrogen) atoms. The van der Waals surface area contributed by atoms with E-state index < -0.39 is 5.97 Å². The van der Waals surface area contributed by atoms with Crippen LogP contribution in [0.3, 0.4) is 0 Å². The lowest BCUT2D eigenvalue weighted by molar-refractivity contribution is -0.144. The number of aliphatic imine (C=N–C) groups is 1. The number of aliphatic hydroxyl groups is 1. The molecule has 0 bridgehead atoms. The first-order chi connectivity index (χ1) is 8.58. The Morgan fingerprint density at radius 1 is 1.39 bits per heavy atom. The highest BCUT2D eigenvalue weighted by atomic mass is 16.5. The topological polar surface area (TPSA) is 58.9 Å². The summed E-state index contributed by atoms with van der Waals surface area (Å²) >= 11 is 0. The number of benzene rings is 1. The van der Waals surface area contributed by atoms with Gasteiger partial charge in [-0.15, -0.1) is 0 Å². The van der Waals surface area contributed by atoms with E-state index in [1.54, 1.807) is 13.8 Å². The molecule has 1 atom stereocenters. The summed E-state index contributed by atoms with van der Waals surface area (Å²) in [6.45, 7) is 3.43. The van der Waals surface area contributed by atoms with Gasteiger partial charge in [-0.1, -0.05) is 18.2 Å². The summed E-state index contributed by atoms with van der Waals surface area (Å²) < 4.78 is 5.09. The third-order valence-corrected chi connectivity index (χ3v) is 2.70. The molecule has 1 heterocycles. The van der Waals surface area contributed by atoms with Gasteiger partial charge in [0.1, 0.15) is 17.4 Å². The van der Waals surface area contributed by atoms with Crippen molar-refractivity contribution in [1.29, 1.82) is 0 Å². The number of aliphatic hydroxyl groups excluding tert-OH is 1. The van der Waals surface area contributed by atoms with Gasteiger partial charge in [-0.25, -0.2) is 4.79 Å². The lowest BCUT2D eigenvalue weighted by Gasteiger charge is -2.21. The Kier molecular flexibility index (Phi) is 3.46. The Balaban J connectivity index is 2.34. The van der Waals surface area contributed by atoms with Gasteiger partial charge in [-0.2, -0.15) is 0 Å². The number of esters is 1.